The molecule has 0 bridgehead atoms. The van der Waals surface area contributed by atoms with Crippen LogP contribution in [0.1, 0.15) is 12.8 Å². The van der Waals surface area contributed by atoms with Crippen molar-refractivity contribution in [3.05, 3.63) is 0 Å². The van der Waals surface area contributed by atoms with E-state index in [0.717, 1.165) is 0 Å². The molecule has 0 aromatic rings. The van der Waals surface area contributed by atoms with Gasteiger partial charge in [-0.2, -0.15) is 0 Å². The maximum absolute atomic E-state index is 10.8. The molecule has 0 spiro atoms. The third-order valence-electron chi connectivity index (χ3n) is 1.36. The first-order valence-corrected chi connectivity index (χ1v) is 3.82. The van der Waals surface area contributed by atoms with Crippen LogP contribution in [0.2, 0.25) is 0 Å². The SMILES string of the molecule is O=C(O)CC(=O)N[C@@H](CCO)C(=O)O. The Morgan fingerprint density at radius 2 is 1.79 bits per heavy atom. The topological polar surface area (TPSA) is 124 Å². The molecule has 1 amide bonds. The summed E-state index contributed by atoms with van der Waals surface area (Å²) in [5.74, 6) is -3.54. The number of carboxylic acids is 2. The molecular weight excluding hydrogens is 194 g/mol. The number of carbonyl (C=O) groups is 3. The van der Waals surface area contributed by atoms with E-state index in [1.54, 1.807) is 0 Å². The van der Waals surface area contributed by atoms with Crippen LogP contribution in [-0.2, 0) is 14.4 Å². The highest BCUT2D eigenvalue weighted by Gasteiger charge is 2.20. The molecule has 0 fully saturated rings. The minimum atomic E-state index is -1.34. The molecule has 0 radical (unpaired) electrons. The molecule has 0 aromatic heterocycles. The van der Waals surface area contributed by atoms with Gasteiger partial charge in [-0.15, -0.1) is 0 Å². The second-order valence-electron chi connectivity index (χ2n) is 2.54. The molecule has 0 aromatic carbocycles. The fourth-order valence-corrected chi connectivity index (χ4v) is 0.769. The Morgan fingerprint density at radius 1 is 1.21 bits per heavy atom. The lowest BCUT2D eigenvalue weighted by Gasteiger charge is -2.11. The van der Waals surface area contributed by atoms with Gasteiger partial charge in [0.25, 0.3) is 0 Å². The van der Waals surface area contributed by atoms with Crippen molar-refractivity contribution < 1.29 is 29.7 Å². The maximum Gasteiger partial charge on any atom is 0.326 e. The summed E-state index contributed by atoms with van der Waals surface area (Å²) in [5, 5.41) is 27.1. The number of rotatable bonds is 6. The van der Waals surface area contributed by atoms with Gasteiger partial charge in [0, 0.05) is 13.0 Å². The Bertz CT molecular complexity index is 238. The molecule has 0 rings (SSSR count). The second-order valence-corrected chi connectivity index (χ2v) is 2.54. The van der Waals surface area contributed by atoms with Crippen LogP contribution in [0.25, 0.3) is 0 Å². The van der Waals surface area contributed by atoms with E-state index < -0.39 is 36.9 Å². The molecule has 0 aliphatic carbocycles. The quantitative estimate of drug-likeness (QED) is 0.388. The monoisotopic (exact) mass is 205 g/mol. The van der Waals surface area contributed by atoms with Crippen LogP contribution in [0.5, 0.6) is 0 Å². The van der Waals surface area contributed by atoms with Crippen LogP contribution < -0.4 is 5.32 Å². The average Bonchev–Trinajstić information content (AvgIpc) is 2.01. The number of amides is 1. The molecule has 0 saturated carbocycles. The van der Waals surface area contributed by atoms with Crippen LogP contribution in [0.4, 0.5) is 0 Å². The molecule has 7 nitrogen and oxygen atoms in total. The first-order chi connectivity index (χ1) is 6.47. The first kappa shape index (κ1) is 12.4. The normalized spacial score (nSPS) is 11.8. The lowest BCUT2D eigenvalue weighted by Crippen LogP contribution is -2.42. The maximum atomic E-state index is 10.8. The summed E-state index contributed by atoms with van der Waals surface area (Å²) in [6, 6.07) is -1.24. The fraction of sp³-hybridized carbons (Fsp3) is 0.571. The highest BCUT2D eigenvalue weighted by atomic mass is 16.4. The lowest BCUT2D eigenvalue weighted by atomic mass is 10.2. The van der Waals surface area contributed by atoms with Crippen molar-refractivity contribution in [3.8, 4) is 0 Å². The van der Waals surface area contributed by atoms with E-state index in [-0.39, 0.29) is 6.42 Å². The van der Waals surface area contributed by atoms with Crippen molar-refractivity contribution in [2.75, 3.05) is 6.61 Å². The van der Waals surface area contributed by atoms with Gasteiger partial charge in [0.2, 0.25) is 5.91 Å². The zero-order valence-corrected chi connectivity index (χ0v) is 7.27. The fourth-order valence-electron chi connectivity index (χ4n) is 0.769. The van der Waals surface area contributed by atoms with E-state index in [9.17, 15) is 14.4 Å². The Labute approximate surface area is 79.3 Å². The molecule has 0 aliphatic rings. The number of aliphatic carboxylic acids is 2. The van der Waals surface area contributed by atoms with Gasteiger partial charge in [0.1, 0.15) is 12.5 Å². The summed E-state index contributed by atoms with van der Waals surface area (Å²) in [6.45, 7) is -0.398. The summed E-state index contributed by atoms with van der Waals surface area (Å²) in [5.41, 5.74) is 0. The molecule has 4 N–H and O–H groups in total. The molecule has 14 heavy (non-hydrogen) atoms. The minimum absolute atomic E-state index is 0.152. The lowest BCUT2D eigenvalue weighted by molar-refractivity contribution is -0.145. The number of aliphatic hydroxyl groups excluding tert-OH is 1. The van der Waals surface area contributed by atoms with Gasteiger partial charge >= 0.3 is 11.9 Å². The Balaban J connectivity index is 4.09. The largest absolute Gasteiger partial charge is 0.481 e. The van der Waals surface area contributed by atoms with Crippen LogP contribution in [0.15, 0.2) is 0 Å². The van der Waals surface area contributed by atoms with Gasteiger partial charge < -0.3 is 20.6 Å². The van der Waals surface area contributed by atoms with E-state index in [1.807, 2.05) is 5.32 Å². The van der Waals surface area contributed by atoms with Crippen molar-refractivity contribution >= 4 is 17.8 Å². The smallest absolute Gasteiger partial charge is 0.326 e. The van der Waals surface area contributed by atoms with E-state index in [2.05, 4.69) is 0 Å². The zero-order chi connectivity index (χ0) is 11.1. The van der Waals surface area contributed by atoms with E-state index in [0.29, 0.717) is 0 Å². The number of carbonyl (C=O) groups excluding carboxylic acids is 1. The zero-order valence-electron chi connectivity index (χ0n) is 7.27. The molecule has 7 heteroatoms. The number of aliphatic hydroxyl groups is 1. The van der Waals surface area contributed by atoms with Gasteiger partial charge in [0.05, 0.1) is 0 Å². The van der Waals surface area contributed by atoms with Crippen LogP contribution >= 0.6 is 0 Å². The van der Waals surface area contributed by atoms with Crippen LogP contribution in [0.3, 0.4) is 0 Å². The highest BCUT2D eigenvalue weighted by Crippen LogP contribution is 1.92. The Hall–Kier alpha value is -1.63. The molecule has 0 heterocycles. The van der Waals surface area contributed by atoms with E-state index in [1.165, 1.54) is 0 Å². The summed E-state index contributed by atoms with van der Waals surface area (Å²) >= 11 is 0. The number of carboxylic acid groups (broad SMARTS) is 2. The molecule has 0 aliphatic heterocycles. The summed E-state index contributed by atoms with van der Waals surface area (Å²) in [4.78, 5) is 31.3. The Morgan fingerprint density at radius 3 is 2.14 bits per heavy atom. The van der Waals surface area contributed by atoms with E-state index >= 15 is 0 Å². The molecule has 1 atom stereocenters. The predicted molar refractivity (Wildman–Crippen MR) is 43.5 cm³/mol. The summed E-state index contributed by atoms with van der Waals surface area (Å²) in [6.07, 6.45) is -0.935. The second kappa shape index (κ2) is 5.92. The number of hydrogen-bond donors (Lipinski definition) is 4. The van der Waals surface area contributed by atoms with Crippen LogP contribution in [-0.4, -0.2) is 45.8 Å². The van der Waals surface area contributed by atoms with Crippen LogP contribution in [0, 0.1) is 0 Å². The Kier molecular flexibility index (Phi) is 5.23. The van der Waals surface area contributed by atoms with Gasteiger partial charge in [0.15, 0.2) is 0 Å². The van der Waals surface area contributed by atoms with Crippen molar-refractivity contribution in [1.82, 2.24) is 5.32 Å². The van der Waals surface area contributed by atoms with Gasteiger partial charge in [-0.1, -0.05) is 0 Å². The third-order valence-corrected chi connectivity index (χ3v) is 1.36. The van der Waals surface area contributed by atoms with Crippen molar-refractivity contribution in [1.29, 1.82) is 0 Å². The first-order valence-electron chi connectivity index (χ1n) is 3.82. The molecule has 0 saturated heterocycles. The van der Waals surface area contributed by atoms with Crippen molar-refractivity contribution in [3.63, 3.8) is 0 Å². The van der Waals surface area contributed by atoms with Gasteiger partial charge in [-0.3, -0.25) is 9.59 Å². The third kappa shape index (κ3) is 5.09. The summed E-state index contributed by atoms with van der Waals surface area (Å²) < 4.78 is 0. The van der Waals surface area contributed by atoms with Crippen molar-refractivity contribution in [2.24, 2.45) is 0 Å². The number of nitrogens with one attached hydrogen (secondary N) is 1. The highest BCUT2D eigenvalue weighted by molar-refractivity contribution is 5.95. The standard InChI is InChI=1S/C7H11NO6/c9-2-1-4(7(13)14)8-5(10)3-6(11)12/h4,9H,1-3H2,(H,8,10)(H,11,12)(H,13,14)/t4-/m0/s1. The van der Waals surface area contributed by atoms with Gasteiger partial charge in [-0.05, 0) is 0 Å². The molecular formula is C7H11NO6. The average molecular weight is 205 g/mol. The van der Waals surface area contributed by atoms with Crippen molar-refractivity contribution in [2.45, 2.75) is 18.9 Å². The number of hydrogen-bond acceptors (Lipinski definition) is 4. The predicted octanol–water partition coefficient (Wildman–Crippen LogP) is -1.59. The van der Waals surface area contributed by atoms with E-state index in [4.69, 9.17) is 15.3 Å². The minimum Gasteiger partial charge on any atom is -0.481 e. The summed E-state index contributed by atoms with van der Waals surface area (Å²) in [7, 11) is 0. The molecule has 80 valence electrons. The van der Waals surface area contributed by atoms with Gasteiger partial charge in [-0.25, -0.2) is 4.79 Å². The molecule has 0 unspecified atom stereocenters.